The SMILES string of the molecule is CO[C@H]1O[C@H](CO)[C@@H](O)[C@H](OCc2ccccc2)[C@H]1OCc1ccccc1. The van der Waals surface area contributed by atoms with E-state index in [2.05, 4.69) is 0 Å². The van der Waals surface area contributed by atoms with E-state index in [1.165, 1.54) is 7.11 Å². The van der Waals surface area contributed by atoms with Crippen LogP contribution in [-0.2, 0) is 32.2 Å². The Labute approximate surface area is 159 Å². The molecular weight excluding hydrogens is 348 g/mol. The molecule has 0 unspecified atom stereocenters. The van der Waals surface area contributed by atoms with E-state index in [1.54, 1.807) is 0 Å². The van der Waals surface area contributed by atoms with Crippen LogP contribution in [0.5, 0.6) is 0 Å². The van der Waals surface area contributed by atoms with Crippen molar-refractivity contribution in [3.8, 4) is 0 Å². The second kappa shape index (κ2) is 9.94. The lowest BCUT2D eigenvalue weighted by molar-refractivity contribution is -0.314. The number of methoxy groups -OCH3 is 1. The third kappa shape index (κ3) is 5.13. The summed E-state index contributed by atoms with van der Waals surface area (Å²) in [5, 5.41) is 20.2. The zero-order chi connectivity index (χ0) is 19.1. The van der Waals surface area contributed by atoms with E-state index in [4.69, 9.17) is 18.9 Å². The molecule has 6 nitrogen and oxygen atoms in total. The Balaban J connectivity index is 1.73. The summed E-state index contributed by atoms with van der Waals surface area (Å²) >= 11 is 0. The Kier molecular flexibility index (Phi) is 7.34. The Hall–Kier alpha value is -1.80. The van der Waals surface area contributed by atoms with E-state index >= 15 is 0 Å². The van der Waals surface area contributed by atoms with Gasteiger partial charge in [-0.3, -0.25) is 0 Å². The lowest BCUT2D eigenvalue weighted by Gasteiger charge is -2.43. The first kappa shape index (κ1) is 19.9. The summed E-state index contributed by atoms with van der Waals surface area (Å²) in [4.78, 5) is 0. The summed E-state index contributed by atoms with van der Waals surface area (Å²) in [6, 6.07) is 19.4. The second-order valence-electron chi connectivity index (χ2n) is 6.47. The van der Waals surface area contributed by atoms with Gasteiger partial charge in [0.1, 0.15) is 24.4 Å². The number of benzene rings is 2. The van der Waals surface area contributed by atoms with Crippen LogP contribution in [0, 0.1) is 0 Å². The number of hydrogen-bond acceptors (Lipinski definition) is 6. The molecule has 1 saturated heterocycles. The molecule has 0 bridgehead atoms. The van der Waals surface area contributed by atoms with Crippen molar-refractivity contribution in [1.82, 2.24) is 0 Å². The Morgan fingerprint density at radius 3 is 1.85 bits per heavy atom. The zero-order valence-corrected chi connectivity index (χ0v) is 15.3. The highest BCUT2D eigenvalue weighted by Crippen LogP contribution is 2.28. The molecule has 1 heterocycles. The van der Waals surface area contributed by atoms with Gasteiger partial charge in [0.2, 0.25) is 0 Å². The van der Waals surface area contributed by atoms with E-state index in [-0.39, 0.29) is 6.61 Å². The molecule has 0 aromatic heterocycles. The molecule has 146 valence electrons. The van der Waals surface area contributed by atoms with E-state index in [9.17, 15) is 10.2 Å². The van der Waals surface area contributed by atoms with Gasteiger partial charge in [0.05, 0.1) is 19.8 Å². The van der Waals surface area contributed by atoms with Crippen molar-refractivity contribution in [3.63, 3.8) is 0 Å². The molecule has 1 aliphatic heterocycles. The van der Waals surface area contributed by atoms with Gasteiger partial charge < -0.3 is 29.2 Å². The smallest absolute Gasteiger partial charge is 0.186 e. The monoisotopic (exact) mass is 374 g/mol. The minimum atomic E-state index is -1.04. The molecule has 1 fully saturated rings. The fourth-order valence-corrected chi connectivity index (χ4v) is 3.13. The van der Waals surface area contributed by atoms with E-state index < -0.39 is 30.7 Å². The summed E-state index contributed by atoms with van der Waals surface area (Å²) in [6.07, 6.45) is -3.94. The second-order valence-corrected chi connectivity index (χ2v) is 6.47. The molecule has 0 aliphatic carbocycles. The number of hydrogen-bond donors (Lipinski definition) is 2. The Morgan fingerprint density at radius 2 is 1.37 bits per heavy atom. The van der Waals surface area contributed by atoms with Gasteiger partial charge in [0.25, 0.3) is 0 Å². The van der Waals surface area contributed by atoms with E-state index in [1.807, 2.05) is 60.7 Å². The molecule has 2 aromatic rings. The Bertz CT molecular complexity index is 665. The van der Waals surface area contributed by atoms with E-state index in [0.717, 1.165) is 11.1 Å². The van der Waals surface area contributed by atoms with Crippen LogP contribution < -0.4 is 0 Å². The van der Waals surface area contributed by atoms with Gasteiger partial charge in [-0.2, -0.15) is 0 Å². The predicted molar refractivity (Wildman–Crippen MR) is 98.8 cm³/mol. The highest BCUT2D eigenvalue weighted by molar-refractivity contribution is 5.14. The third-order valence-electron chi connectivity index (χ3n) is 4.60. The third-order valence-corrected chi connectivity index (χ3v) is 4.60. The lowest BCUT2D eigenvalue weighted by Crippen LogP contribution is -2.60. The van der Waals surface area contributed by atoms with Gasteiger partial charge in [0, 0.05) is 7.11 Å². The van der Waals surface area contributed by atoms with E-state index in [0.29, 0.717) is 13.2 Å². The average molecular weight is 374 g/mol. The summed E-state index contributed by atoms with van der Waals surface area (Å²) < 4.78 is 23.1. The molecule has 1 aliphatic rings. The standard InChI is InChI=1S/C21H26O6/c1-24-21-20(26-14-16-10-6-3-7-11-16)19(18(23)17(12-22)27-21)25-13-15-8-4-2-5-9-15/h2-11,17-23H,12-14H2,1H3/t17-,18-,19+,20-,21+/m1/s1. The molecule has 0 spiro atoms. The quantitative estimate of drug-likeness (QED) is 0.735. The van der Waals surface area contributed by atoms with Crippen LogP contribution >= 0.6 is 0 Å². The molecule has 0 radical (unpaired) electrons. The minimum Gasteiger partial charge on any atom is -0.394 e. The predicted octanol–water partition coefficient (Wildman–Crippen LogP) is 1.88. The molecule has 2 N–H and O–H groups in total. The maximum atomic E-state index is 10.6. The molecule has 0 saturated carbocycles. The van der Waals surface area contributed by atoms with Gasteiger partial charge >= 0.3 is 0 Å². The van der Waals surface area contributed by atoms with Crippen LogP contribution in [0.3, 0.4) is 0 Å². The summed E-state index contributed by atoms with van der Waals surface area (Å²) in [5.41, 5.74) is 1.97. The van der Waals surface area contributed by atoms with Crippen molar-refractivity contribution >= 4 is 0 Å². The van der Waals surface area contributed by atoms with Crippen molar-refractivity contribution < 1.29 is 29.2 Å². The van der Waals surface area contributed by atoms with Gasteiger partial charge in [-0.25, -0.2) is 0 Å². The summed E-state index contributed by atoms with van der Waals surface area (Å²) in [5.74, 6) is 0. The van der Waals surface area contributed by atoms with Crippen LogP contribution in [0.4, 0.5) is 0 Å². The molecule has 6 heteroatoms. The molecular formula is C21H26O6. The van der Waals surface area contributed by atoms with Crippen molar-refractivity contribution in [2.75, 3.05) is 13.7 Å². The van der Waals surface area contributed by atoms with Gasteiger partial charge in [0.15, 0.2) is 6.29 Å². The normalized spacial score (nSPS) is 28.2. The van der Waals surface area contributed by atoms with Gasteiger partial charge in [-0.1, -0.05) is 60.7 Å². The molecule has 2 aromatic carbocycles. The topological polar surface area (TPSA) is 77.4 Å². The van der Waals surface area contributed by atoms with Crippen LogP contribution in [0.1, 0.15) is 11.1 Å². The van der Waals surface area contributed by atoms with Crippen molar-refractivity contribution in [1.29, 1.82) is 0 Å². The highest BCUT2D eigenvalue weighted by atomic mass is 16.7. The molecule has 3 rings (SSSR count). The van der Waals surface area contributed by atoms with Crippen LogP contribution in [0.25, 0.3) is 0 Å². The van der Waals surface area contributed by atoms with Gasteiger partial charge in [-0.15, -0.1) is 0 Å². The fourth-order valence-electron chi connectivity index (χ4n) is 3.13. The number of aliphatic hydroxyl groups is 2. The minimum absolute atomic E-state index is 0.308. The van der Waals surface area contributed by atoms with Crippen molar-refractivity contribution in [2.45, 2.75) is 43.9 Å². The first-order valence-electron chi connectivity index (χ1n) is 9.01. The van der Waals surface area contributed by atoms with Gasteiger partial charge in [-0.05, 0) is 11.1 Å². The highest BCUT2D eigenvalue weighted by Gasteiger charge is 2.46. The number of rotatable bonds is 8. The number of ether oxygens (including phenoxy) is 4. The first-order valence-corrected chi connectivity index (χ1v) is 9.01. The summed E-state index contributed by atoms with van der Waals surface area (Å²) in [6.45, 7) is 0.302. The van der Waals surface area contributed by atoms with Crippen LogP contribution in [-0.4, -0.2) is 54.6 Å². The van der Waals surface area contributed by atoms with Crippen molar-refractivity contribution in [3.05, 3.63) is 71.8 Å². The fraction of sp³-hybridized carbons (Fsp3) is 0.429. The zero-order valence-electron chi connectivity index (χ0n) is 15.3. The molecule has 0 amide bonds. The average Bonchev–Trinajstić information content (AvgIpc) is 2.73. The summed E-state index contributed by atoms with van der Waals surface area (Å²) in [7, 11) is 1.50. The number of aliphatic hydroxyl groups excluding tert-OH is 2. The molecule has 5 atom stereocenters. The van der Waals surface area contributed by atoms with Crippen molar-refractivity contribution in [2.24, 2.45) is 0 Å². The largest absolute Gasteiger partial charge is 0.394 e. The Morgan fingerprint density at radius 1 is 0.852 bits per heavy atom. The van der Waals surface area contributed by atoms with Crippen LogP contribution in [0.2, 0.25) is 0 Å². The maximum absolute atomic E-state index is 10.6. The maximum Gasteiger partial charge on any atom is 0.186 e. The molecule has 27 heavy (non-hydrogen) atoms. The lowest BCUT2D eigenvalue weighted by atomic mass is 9.98. The van der Waals surface area contributed by atoms with Crippen LogP contribution in [0.15, 0.2) is 60.7 Å². The first-order chi connectivity index (χ1) is 13.2.